The molecule has 1 aliphatic rings. The lowest BCUT2D eigenvalue weighted by Crippen LogP contribution is -2.24. The molecular formula is C14H20O3. The molecule has 3 heteroatoms. The predicted octanol–water partition coefficient (Wildman–Crippen LogP) is 3.79. The van der Waals surface area contributed by atoms with Crippen LogP contribution in [-0.2, 0) is 4.79 Å². The van der Waals surface area contributed by atoms with E-state index < -0.39 is 5.97 Å². The van der Waals surface area contributed by atoms with Gasteiger partial charge >= 0.3 is 5.97 Å². The van der Waals surface area contributed by atoms with Crippen LogP contribution in [0, 0.1) is 17.8 Å². The fourth-order valence-electron chi connectivity index (χ4n) is 1.95. The standard InChI is InChI=1S/C8H16O2.C6H4O/c1-5(2)7(6(3)4)8(9)10;1-2-4-6-5(3-1)7-6/h5-7H,1-4H3,(H,9,10);1-4H. The van der Waals surface area contributed by atoms with Gasteiger partial charge < -0.3 is 9.84 Å². The van der Waals surface area contributed by atoms with Gasteiger partial charge in [-0.1, -0.05) is 39.8 Å². The number of hydrogen-bond donors (Lipinski definition) is 1. The number of fused-ring (bicyclic) bond motifs is 1. The molecule has 0 saturated heterocycles. The number of carbonyl (C=O) groups is 1. The fraction of sp³-hybridized carbons (Fsp3) is 0.500. The van der Waals surface area contributed by atoms with Crippen molar-refractivity contribution in [2.24, 2.45) is 17.8 Å². The van der Waals surface area contributed by atoms with Gasteiger partial charge in [-0.05, 0) is 24.0 Å². The molecule has 94 valence electrons. The molecule has 0 aliphatic carbocycles. The molecule has 1 aromatic carbocycles. The minimum absolute atomic E-state index is 0.194. The van der Waals surface area contributed by atoms with Gasteiger partial charge in [-0.2, -0.15) is 0 Å². The van der Waals surface area contributed by atoms with E-state index in [0.717, 1.165) is 11.5 Å². The minimum atomic E-state index is -0.676. The van der Waals surface area contributed by atoms with Crippen molar-refractivity contribution in [1.29, 1.82) is 0 Å². The van der Waals surface area contributed by atoms with Crippen molar-refractivity contribution in [2.45, 2.75) is 27.7 Å². The van der Waals surface area contributed by atoms with E-state index in [1.54, 1.807) is 0 Å². The lowest BCUT2D eigenvalue weighted by molar-refractivity contribution is -0.145. The van der Waals surface area contributed by atoms with E-state index in [9.17, 15) is 4.79 Å². The average molecular weight is 236 g/mol. The van der Waals surface area contributed by atoms with Gasteiger partial charge in [0.15, 0.2) is 11.5 Å². The lowest BCUT2D eigenvalue weighted by Gasteiger charge is -2.19. The molecule has 0 atom stereocenters. The summed E-state index contributed by atoms with van der Waals surface area (Å²) in [6, 6.07) is 7.84. The molecule has 3 nitrogen and oxygen atoms in total. The largest absolute Gasteiger partial charge is 0.481 e. The first-order chi connectivity index (χ1) is 7.93. The third-order valence-corrected chi connectivity index (χ3v) is 2.75. The molecule has 0 amide bonds. The van der Waals surface area contributed by atoms with E-state index in [1.807, 2.05) is 52.0 Å². The van der Waals surface area contributed by atoms with E-state index in [0.29, 0.717) is 0 Å². The third-order valence-electron chi connectivity index (χ3n) is 2.75. The summed E-state index contributed by atoms with van der Waals surface area (Å²) >= 11 is 0. The van der Waals surface area contributed by atoms with Crippen molar-refractivity contribution in [3.63, 3.8) is 0 Å². The average Bonchev–Trinajstić information content (AvgIpc) is 2.94. The smallest absolute Gasteiger partial charge is 0.307 e. The molecule has 0 fully saturated rings. The SMILES string of the molecule is CC(C)C(C(=O)O)C(C)C.c1ccc2c(c1)O2. The van der Waals surface area contributed by atoms with Gasteiger partial charge in [-0.25, -0.2) is 0 Å². The summed E-state index contributed by atoms with van der Waals surface area (Å²) < 4.78 is 4.94. The molecular weight excluding hydrogens is 216 g/mol. The Balaban J connectivity index is 0.000000177. The maximum absolute atomic E-state index is 10.6. The Morgan fingerprint density at radius 2 is 1.47 bits per heavy atom. The predicted molar refractivity (Wildman–Crippen MR) is 67.3 cm³/mol. The van der Waals surface area contributed by atoms with Gasteiger partial charge in [0, 0.05) is 0 Å². The number of ether oxygens (including phenoxy) is 1. The van der Waals surface area contributed by atoms with Crippen LogP contribution >= 0.6 is 0 Å². The molecule has 0 radical (unpaired) electrons. The van der Waals surface area contributed by atoms with Crippen LogP contribution in [0.5, 0.6) is 11.5 Å². The summed E-state index contributed by atoms with van der Waals surface area (Å²) in [5.41, 5.74) is 0. The minimum Gasteiger partial charge on any atom is -0.481 e. The number of para-hydroxylation sites is 2. The Hall–Kier alpha value is -1.51. The number of rotatable bonds is 3. The van der Waals surface area contributed by atoms with Crippen LogP contribution in [-0.4, -0.2) is 11.1 Å². The zero-order valence-corrected chi connectivity index (χ0v) is 10.8. The first-order valence-electron chi connectivity index (χ1n) is 5.93. The topological polar surface area (TPSA) is 49.8 Å². The molecule has 0 spiro atoms. The van der Waals surface area contributed by atoms with Crippen molar-refractivity contribution in [2.75, 3.05) is 0 Å². The molecule has 0 unspecified atom stereocenters. The van der Waals surface area contributed by atoms with Gasteiger partial charge in [-0.15, -0.1) is 0 Å². The van der Waals surface area contributed by atoms with Crippen molar-refractivity contribution in [3.8, 4) is 11.5 Å². The van der Waals surface area contributed by atoms with Crippen molar-refractivity contribution < 1.29 is 14.6 Å². The van der Waals surface area contributed by atoms with E-state index in [4.69, 9.17) is 9.84 Å². The molecule has 1 aromatic rings. The summed E-state index contributed by atoms with van der Waals surface area (Å²) in [4.78, 5) is 10.6. The number of carboxylic acids is 1. The van der Waals surface area contributed by atoms with Crippen LogP contribution in [0.4, 0.5) is 0 Å². The summed E-state index contributed by atoms with van der Waals surface area (Å²) in [6.07, 6.45) is 0. The molecule has 1 aliphatic heterocycles. The molecule has 0 aromatic heterocycles. The summed E-state index contributed by atoms with van der Waals surface area (Å²) in [6.45, 7) is 7.77. The van der Waals surface area contributed by atoms with Crippen molar-refractivity contribution in [3.05, 3.63) is 24.3 Å². The highest BCUT2D eigenvalue weighted by atomic mass is 16.6. The Kier molecular flexibility index (Phi) is 4.55. The second kappa shape index (κ2) is 5.71. The number of carboxylic acid groups (broad SMARTS) is 1. The highest BCUT2D eigenvalue weighted by molar-refractivity contribution is 5.70. The molecule has 1 N–H and O–H groups in total. The number of benzene rings is 1. The highest BCUT2D eigenvalue weighted by Gasteiger charge is 2.24. The van der Waals surface area contributed by atoms with Crippen molar-refractivity contribution in [1.82, 2.24) is 0 Å². The normalized spacial score (nSPS) is 11.7. The van der Waals surface area contributed by atoms with Gasteiger partial charge in [0.05, 0.1) is 5.92 Å². The van der Waals surface area contributed by atoms with Crippen LogP contribution in [0.3, 0.4) is 0 Å². The van der Waals surface area contributed by atoms with Gasteiger partial charge in [-0.3, -0.25) is 4.79 Å². The Labute approximate surface area is 102 Å². The number of hydrogen-bond acceptors (Lipinski definition) is 2. The van der Waals surface area contributed by atoms with Crippen LogP contribution in [0.1, 0.15) is 27.7 Å². The monoisotopic (exact) mass is 236 g/mol. The Morgan fingerprint density at radius 1 is 1.06 bits per heavy atom. The third kappa shape index (κ3) is 4.10. The zero-order valence-electron chi connectivity index (χ0n) is 10.8. The van der Waals surface area contributed by atoms with Gasteiger partial charge in [0.2, 0.25) is 0 Å². The maximum Gasteiger partial charge on any atom is 0.307 e. The Bertz CT molecular complexity index is 354. The summed E-state index contributed by atoms with van der Waals surface area (Å²) in [5, 5.41) is 8.71. The highest BCUT2D eigenvalue weighted by Crippen LogP contribution is 2.43. The molecule has 0 saturated carbocycles. The first kappa shape index (κ1) is 13.6. The first-order valence-corrected chi connectivity index (χ1v) is 5.93. The lowest BCUT2D eigenvalue weighted by atomic mass is 9.86. The maximum atomic E-state index is 10.6. The number of aliphatic carboxylic acids is 1. The van der Waals surface area contributed by atoms with Crippen LogP contribution < -0.4 is 4.74 Å². The van der Waals surface area contributed by atoms with Crippen LogP contribution in [0.15, 0.2) is 24.3 Å². The van der Waals surface area contributed by atoms with Crippen LogP contribution in [0.25, 0.3) is 0 Å². The zero-order chi connectivity index (χ0) is 13.0. The van der Waals surface area contributed by atoms with E-state index in [1.165, 1.54) is 0 Å². The quantitative estimate of drug-likeness (QED) is 0.825. The van der Waals surface area contributed by atoms with E-state index in [2.05, 4.69) is 0 Å². The molecule has 0 bridgehead atoms. The fourth-order valence-corrected chi connectivity index (χ4v) is 1.95. The summed E-state index contributed by atoms with van der Waals surface area (Å²) in [7, 11) is 0. The molecule has 17 heavy (non-hydrogen) atoms. The molecule has 1 heterocycles. The Morgan fingerprint density at radius 3 is 1.65 bits per heavy atom. The van der Waals surface area contributed by atoms with E-state index in [-0.39, 0.29) is 17.8 Å². The second-order valence-corrected chi connectivity index (χ2v) is 4.90. The van der Waals surface area contributed by atoms with E-state index >= 15 is 0 Å². The van der Waals surface area contributed by atoms with Gasteiger partial charge in [0.1, 0.15) is 0 Å². The van der Waals surface area contributed by atoms with Crippen LogP contribution in [0.2, 0.25) is 0 Å². The van der Waals surface area contributed by atoms with Gasteiger partial charge in [0.25, 0.3) is 0 Å². The summed E-state index contributed by atoms with van der Waals surface area (Å²) in [5.74, 6) is 1.66. The molecule has 2 rings (SSSR count). The van der Waals surface area contributed by atoms with Crippen molar-refractivity contribution >= 4 is 5.97 Å². The second-order valence-electron chi connectivity index (χ2n) is 4.90.